The van der Waals surface area contributed by atoms with Gasteiger partial charge in [0.2, 0.25) is 11.8 Å². The Morgan fingerprint density at radius 2 is 1.75 bits per heavy atom. The minimum Gasteiger partial charge on any atom is -0.340 e. The first kappa shape index (κ1) is 15.2. The molecular formula is C15H22F2N2O. The summed E-state index contributed by atoms with van der Waals surface area (Å²) in [6.07, 6.45) is 5.37. The molecule has 0 spiro atoms. The molecule has 0 aromatic heterocycles. The van der Waals surface area contributed by atoms with E-state index in [0.717, 1.165) is 25.7 Å². The Kier molecular flexibility index (Phi) is 4.95. The van der Waals surface area contributed by atoms with E-state index in [2.05, 4.69) is 11.4 Å². The van der Waals surface area contributed by atoms with Crippen molar-refractivity contribution in [2.45, 2.75) is 69.8 Å². The fourth-order valence-corrected chi connectivity index (χ4v) is 3.30. The maximum atomic E-state index is 13.1. The van der Waals surface area contributed by atoms with Crippen LogP contribution in [0.15, 0.2) is 0 Å². The van der Waals surface area contributed by atoms with Crippen molar-refractivity contribution < 1.29 is 13.6 Å². The van der Waals surface area contributed by atoms with E-state index in [9.17, 15) is 18.8 Å². The Morgan fingerprint density at radius 3 is 2.30 bits per heavy atom. The van der Waals surface area contributed by atoms with Crippen LogP contribution >= 0.6 is 0 Å². The van der Waals surface area contributed by atoms with Gasteiger partial charge in [-0.2, -0.15) is 5.26 Å². The largest absolute Gasteiger partial charge is 0.340 e. The summed E-state index contributed by atoms with van der Waals surface area (Å²) in [6.45, 7) is 0. The average molecular weight is 284 g/mol. The molecule has 0 bridgehead atoms. The number of carbonyl (C=O) groups is 1. The number of nitriles is 1. The molecule has 0 aromatic rings. The topological polar surface area (TPSA) is 52.9 Å². The Morgan fingerprint density at radius 1 is 1.15 bits per heavy atom. The second-order valence-corrected chi connectivity index (χ2v) is 6.14. The van der Waals surface area contributed by atoms with Gasteiger partial charge in [-0.15, -0.1) is 0 Å². The standard InChI is InChI=1S/C15H22F2N2O/c16-15(17)8-6-12(7-9-15)14(20)19-13(10-18)11-4-2-1-3-5-11/h11-13H,1-9H2,(H,19,20). The third-order valence-corrected chi connectivity index (χ3v) is 4.65. The number of carbonyl (C=O) groups excluding carboxylic acids is 1. The second-order valence-electron chi connectivity index (χ2n) is 6.14. The van der Waals surface area contributed by atoms with Crippen LogP contribution in [-0.4, -0.2) is 17.9 Å². The Bertz CT molecular complexity index is 376. The minimum absolute atomic E-state index is 0.211. The molecule has 5 heteroatoms. The van der Waals surface area contributed by atoms with E-state index in [4.69, 9.17) is 0 Å². The first-order valence-electron chi connectivity index (χ1n) is 7.60. The van der Waals surface area contributed by atoms with Crippen LogP contribution in [-0.2, 0) is 4.79 Å². The molecule has 0 aromatic carbocycles. The van der Waals surface area contributed by atoms with Gasteiger partial charge < -0.3 is 5.32 Å². The molecular weight excluding hydrogens is 262 g/mol. The SMILES string of the molecule is N#CC(NC(=O)C1CCC(F)(F)CC1)C1CCCCC1. The molecule has 1 unspecified atom stereocenters. The number of hydrogen-bond acceptors (Lipinski definition) is 2. The zero-order chi connectivity index (χ0) is 14.6. The molecule has 1 atom stereocenters. The highest BCUT2D eigenvalue weighted by Gasteiger charge is 2.38. The maximum Gasteiger partial charge on any atom is 0.248 e. The van der Waals surface area contributed by atoms with Gasteiger partial charge in [0.1, 0.15) is 6.04 Å². The molecule has 3 nitrogen and oxygen atoms in total. The molecule has 0 aliphatic heterocycles. The zero-order valence-electron chi connectivity index (χ0n) is 11.7. The molecule has 0 radical (unpaired) electrons. The van der Waals surface area contributed by atoms with Crippen molar-refractivity contribution in [2.24, 2.45) is 11.8 Å². The molecule has 2 fully saturated rings. The van der Waals surface area contributed by atoms with Crippen LogP contribution in [0.1, 0.15) is 57.8 Å². The molecule has 2 rings (SSSR count). The summed E-state index contributed by atoms with van der Waals surface area (Å²) in [4.78, 5) is 12.1. The number of halogens is 2. The van der Waals surface area contributed by atoms with E-state index in [1.165, 1.54) is 6.42 Å². The van der Waals surface area contributed by atoms with Crippen molar-refractivity contribution in [1.82, 2.24) is 5.32 Å². The van der Waals surface area contributed by atoms with Crippen LogP contribution in [0.5, 0.6) is 0 Å². The third-order valence-electron chi connectivity index (χ3n) is 4.65. The average Bonchev–Trinajstić information content (AvgIpc) is 2.45. The summed E-state index contributed by atoms with van der Waals surface area (Å²) in [5.74, 6) is -2.95. The van der Waals surface area contributed by atoms with E-state index in [-0.39, 0.29) is 43.4 Å². The second kappa shape index (κ2) is 6.51. The van der Waals surface area contributed by atoms with Gasteiger partial charge in [0.25, 0.3) is 0 Å². The third kappa shape index (κ3) is 3.91. The summed E-state index contributed by atoms with van der Waals surface area (Å²) in [5, 5.41) is 12.0. The molecule has 1 amide bonds. The Hall–Kier alpha value is -1.18. The minimum atomic E-state index is -2.62. The summed E-state index contributed by atoms with van der Waals surface area (Å²) in [7, 11) is 0. The monoisotopic (exact) mass is 284 g/mol. The molecule has 112 valence electrons. The van der Waals surface area contributed by atoms with E-state index >= 15 is 0 Å². The van der Waals surface area contributed by atoms with Crippen molar-refractivity contribution in [2.75, 3.05) is 0 Å². The van der Waals surface area contributed by atoms with E-state index in [1.54, 1.807) is 0 Å². The van der Waals surface area contributed by atoms with Gasteiger partial charge in [-0.1, -0.05) is 19.3 Å². The van der Waals surface area contributed by atoms with Gasteiger partial charge in [0.15, 0.2) is 0 Å². The molecule has 1 N–H and O–H groups in total. The highest BCUT2D eigenvalue weighted by Crippen LogP contribution is 2.36. The fourth-order valence-electron chi connectivity index (χ4n) is 3.30. The van der Waals surface area contributed by atoms with Gasteiger partial charge in [-0.3, -0.25) is 4.79 Å². The van der Waals surface area contributed by atoms with Crippen LogP contribution in [0.4, 0.5) is 8.78 Å². The number of nitrogens with one attached hydrogen (secondary N) is 1. The van der Waals surface area contributed by atoms with Crippen molar-refractivity contribution in [3.63, 3.8) is 0 Å². The van der Waals surface area contributed by atoms with Crippen molar-refractivity contribution >= 4 is 5.91 Å². The predicted molar refractivity (Wildman–Crippen MR) is 71.0 cm³/mol. The lowest BCUT2D eigenvalue weighted by Crippen LogP contribution is -2.44. The van der Waals surface area contributed by atoms with E-state index in [1.807, 2.05) is 0 Å². The first-order chi connectivity index (χ1) is 9.52. The van der Waals surface area contributed by atoms with Crippen LogP contribution < -0.4 is 5.32 Å². The summed E-state index contributed by atoms with van der Waals surface area (Å²) >= 11 is 0. The zero-order valence-corrected chi connectivity index (χ0v) is 11.7. The highest BCUT2D eigenvalue weighted by molar-refractivity contribution is 5.79. The molecule has 20 heavy (non-hydrogen) atoms. The van der Waals surface area contributed by atoms with Gasteiger partial charge in [0.05, 0.1) is 6.07 Å². The molecule has 2 aliphatic rings. The summed E-state index contributed by atoms with van der Waals surface area (Å²) in [5.41, 5.74) is 0. The number of amides is 1. The normalized spacial score (nSPS) is 25.6. The highest BCUT2D eigenvalue weighted by atomic mass is 19.3. The van der Waals surface area contributed by atoms with Gasteiger partial charge >= 0.3 is 0 Å². The van der Waals surface area contributed by atoms with Gasteiger partial charge in [-0.25, -0.2) is 8.78 Å². The summed E-state index contributed by atoms with van der Waals surface area (Å²) < 4.78 is 26.2. The first-order valence-corrected chi connectivity index (χ1v) is 7.60. The van der Waals surface area contributed by atoms with Crippen molar-refractivity contribution in [3.8, 4) is 6.07 Å². The lowest BCUT2D eigenvalue weighted by atomic mass is 9.83. The van der Waals surface area contributed by atoms with Gasteiger partial charge in [0, 0.05) is 18.8 Å². The van der Waals surface area contributed by atoms with Crippen LogP contribution in [0.25, 0.3) is 0 Å². The lowest BCUT2D eigenvalue weighted by molar-refractivity contribution is -0.129. The molecule has 2 aliphatic carbocycles. The number of alkyl halides is 2. The number of nitrogens with zero attached hydrogens (tertiary/aromatic N) is 1. The maximum absolute atomic E-state index is 13.1. The summed E-state index contributed by atoms with van der Waals surface area (Å²) in [6, 6.07) is 1.72. The van der Waals surface area contributed by atoms with E-state index < -0.39 is 12.0 Å². The van der Waals surface area contributed by atoms with Gasteiger partial charge in [-0.05, 0) is 31.6 Å². The quantitative estimate of drug-likeness (QED) is 0.863. The smallest absolute Gasteiger partial charge is 0.248 e. The Labute approximate surface area is 118 Å². The fraction of sp³-hybridized carbons (Fsp3) is 0.867. The number of hydrogen-bond donors (Lipinski definition) is 1. The lowest BCUT2D eigenvalue weighted by Gasteiger charge is -2.30. The van der Waals surface area contributed by atoms with Crippen LogP contribution in [0.2, 0.25) is 0 Å². The van der Waals surface area contributed by atoms with E-state index in [0.29, 0.717) is 0 Å². The Balaban J connectivity index is 1.85. The van der Waals surface area contributed by atoms with Crippen LogP contribution in [0.3, 0.4) is 0 Å². The molecule has 2 saturated carbocycles. The molecule has 0 heterocycles. The van der Waals surface area contributed by atoms with Crippen molar-refractivity contribution in [1.29, 1.82) is 5.26 Å². The molecule has 0 saturated heterocycles. The van der Waals surface area contributed by atoms with Crippen molar-refractivity contribution in [3.05, 3.63) is 0 Å². The van der Waals surface area contributed by atoms with Crippen LogP contribution in [0, 0.1) is 23.2 Å². The number of rotatable bonds is 3. The predicted octanol–water partition coefficient (Wildman–Crippen LogP) is 3.40.